The van der Waals surface area contributed by atoms with Crippen LogP contribution < -0.4 is 20.7 Å². The Hall–Kier alpha value is -3.28. The molecule has 2 aromatic carbocycles. The van der Waals surface area contributed by atoms with Gasteiger partial charge in [-0.2, -0.15) is 0 Å². The first-order valence-corrected chi connectivity index (χ1v) is 8.88. The molecule has 0 heterocycles. The van der Waals surface area contributed by atoms with Crippen LogP contribution >= 0.6 is 0 Å². The van der Waals surface area contributed by atoms with E-state index in [1.807, 2.05) is 19.1 Å². The molecule has 0 aliphatic carbocycles. The van der Waals surface area contributed by atoms with Crippen LogP contribution in [0.25, 0.3) is 0 Å². The van der Waals surface area contributed by atoms with Gasteiger partial charge in [0.25, 0.3) is 0 Å². The maximum Gasteiger partial charge on any atom is 0.243 e. The van der Waals surface area contributed by atoms with Crippen LogP contribution in [0.15, 0.2) is 61.2 Å². The number of anilines is 3. The Bertz CT molecular complexity index is 755. The summed E-state index contributed by atoms with van der Waals surface area (Å²) < 4.78 is 5.40. The number of carbonyl (C=O) groups excluding carboxylic acids is 2. The van der Waals surface area contributed by atoms with Crippen LogP contribution in [-0.4, -0.2) is 25.0 Å². The van der Waals surface area contributed by atoms with Gasteiger partial charge in [0, 0.05) is 23.5 Å². The van der Waals surface area contributed by atoms with Crippen LogP contribution in [0.1, 0.15) is 19.8 Å². The molecule has 27 heavy (non-hydrogen) atoms. The highest BCUT2D eigenvalue weighted by molar-refractivity contribution is 5.94. The topological polar surface area (TPSA) is 79.5 Å². The third-order valence-corrected chi connectivity index (χ3v) is 3.60. The molecular formula is C21H25N3O3. The van der Waals surface area contributed by atoms with Gasteiger partial charge in [-0.05, 0) is 55.0 Å². The van der Waals surface area contributed by atoms with Crippen molar-refractivity contribution in [1.29, 1.82) is 0 Å². The van der Waals surface area contributed by atoms with Gasteiger partial charge in [0.05, 0.1) is 6.54 Å². The molecule has 0 aliphatic rings. The van der Waals surface area contributed by atoms with Gasteiger partial charge in [-0.1, -0.05) is 19.6 Å². The molecule has 2 aromatic rings. The standard InChI is InChI=1S/C21H25N3O3/c1-3-5-20(25)23-17-8-6-16(7-9-17)22-15-21(26)24-18-10-12-19(13-11-18)27-14-4-2/h4,6-13,22H,2-3,5,14-15H2,1H3,(H,23,25)(H,24,26). The molecule has 2 rings (SSSR count). The summed E-state index contributed by atoms with van der Waals surface area (Å²) >= 11 is 0. The number of amides is 2. The minimum Gasteiger partial charge on any atom is -0.490 e. The lowest BCUT2D eigenvalue weighted by Crippen LogP contribution is -2.21. The first kappa shape index (κ1) is 20.0. The number of hydrogen-bond donors (Lipinski definition) is 3. The lowest BCUT2D eigenvalue weighted by atomic mass is 10.2. The van der Waals surface area contributed by atoms with Crippen LogP contribution in [0.3, 0.4) is 0 Å². The molecule has 0 aliphatic heterocycles. The largest absolute Gasteiger partial charge is 0.490 e. The van der Waals surface area contributed by atoms with Crippen molar-refractivity contribution in [2.45, 2.75) is 19.8 Å². The van der Waals surface area contributed by atoms with Crippen molar-refractivity contribution in [3.05, 3.63) is 61.2 Å². The van der Waals surface area contributed by atoms with Crippen molar-refractivity contribution in [2.24, 2.45) is 0 Å². The minimum atomic E-state index is -0.157. The van der Waals surface area contributed by atoms with Crippen LogP contribution in [-0.2, 0) is 9.59 Å². The van der Waals surface area contributed by atoms with Crippen LogP contribution in [0.2, 0.25) is 0 Å². The monoisotopic (exact) mass is 367 g/mol. The minimum absolute atomic E-state index is 0.00139. The van der Waals surface area contributed by atoms with Crippen molar-refractivity contribution >= 4 is 28.9 Å². The maximum atomic E-state index is 12.1. The van der Waals surface area contributed by atoms with Crippen LogP contribution in [0.5, 0.6) is 5.75 Å². The lowest BCUT2D eigenvalue weighted by molar-refractivity contribution is -0.116. The van der Waals surface area contributed by atoms with E-state index in [1.165, 1.54) is 0 Å². The second-order valence-electron chi connectivity index (χ2n) is 5.90. The van der Waals surface area contributed by atoms with Crippen molar-refractivity contribution in [3.8, 4) is 5.75 Å². The molecule has 0 saturated heterocycles. The zero-order chi connectivity index (χ0) is 19.5. The third kappa shape index (κ3) is 7.23. The van der Waals surface area contributed by atoms with Gasteiger partial charge in [-0.15, -0.1) is 0 Å². The number of carbonyl (C=O) groups is 2. The predicted octanol–water partition coefficient (Wildman–Crippen LogP) is 4.04. The molecule has 6 heteroatoms. The number of ether oxygens (including phenoxy) is 1. The summed E-state index contributed by atoms with van der Waals surface area (Å²) in [5.74, 6) is 0.561. The summed E-state index contributed by atoms with van der Waals surface area (Å²) in [5, 5.41) is 8.69. The summed E-state index contributed by atoms with van der Waals surface area (Å²) in [6, 6.07) is 14.4. The molecule has 0 spiro atoms. The van der Waals surface area contributed by atoms with Crippen molar-refractivity contribution in [2.75, 3.05) is 29.1 Å². The molecule has 0 saturated carbocycles. The molecular weight excluding hydrogens is 342 g/mol. The van der Waals surface area contributed by atoms with E-state index >= 15 is 0 Å². The molecule has 0 atom stereocenters. The molecule has 0 radical (unpaired) electrons. The van der Waals surface area contributed by atoms with Crippen molar-refractivity contribution in [3.63, 3.8) is 0 Å². The Balaban J connectivity index is 1.77. The first-order valence-electron chi connectivity index (χ1n) is 8.88. The average Bonchev–Trinajstić information content (AvgIpc) is 2.67. The Morgan fingerprint density at radius 1 is 0.926 bits per heavy atom. The number of benzene rings is 2. The fourth-order valence-corrected chi connectivity index (χ4v) is 2.30. The molecule has 3 N–H and O–H groups in total. The summed E-state index contributed by atoms with van der Waals surface area (Å²) in [6.07, 6.45) is 2.99. The van der Waals surface area contributed by atoms with Gasteiger partial charge in [0.1, 0.15) is 12.4 Å². The highest BCUT2D eigenvalue weighted by Gasteiger charge is 2.04. The molecule has 6 nitrogen and oxygen atoms in total. The van der Waals surface area contributed by atoms with E-state index in [4.69, 9.17) is 4.74 Å². The van der Waals surface area contributed by atoms with Crippen LogP contribution in [0.4, 0.5) is 17.1 Å². The summed E-state index contributed by atoms with van der Waals surface area (Å²) in [4.78, 5) is 23.6. The molecule has 142 valence electrons. The zero-order valence-corrected chi connectivity index (χ0v) is 15.5. The van der Waals surface area contributed by atoms with Crippen LogP contribution in [0, 0.1) is 0 Å². The van der Waals surface area contributed by atoms with E-state index in [0.717, 1.165) is 23.5 Å². The van der Waals surface area contributed by atoms with Gasteiger partial charge in [0.2, 0.25) is 11.8 Å². The molecule has 2 amide bonds. The highest BCUT2D eigenvalue weighted by atomic mass is 16.5. The number of nitrogens with one attached hydrogen (secondary N) is 3. The third-order valence-electron chi connectivity index (χ3n) is 3.60. The molecule has 0 bridgehead atoms. The van der Waals surface area contributed by atoms with E-state index in [0.29, 0.717) is 18.7 Å². The zero-order valence-electron chi connectivity index (χ0n) is 15.5. The summed E-state index contributed by atoms with van der Waals surface area (Å²) in [5.41, 5.74) is 2.23. The Morgan fingerprint density at radius 2 is 1.48 bits per heavy atom. The van der Waals surface area contributed by atoms with Crippen molar-refractivity contribution < 1.29 is 14.3 Å². The maximum absolute atomic E-state index is 12.1. The highest BCUT2D eigenvalue weighted by Crippen LogP contribution is 2.16. The quantitative estimate of drug-likeness (QED) is 0.554. The van der Waals surface area contributed by atoms with E-state index in [2.05, 4.69) is 22.5 Å². The van der Waals surface area contributed by atoms with E-state index in [1.54, 1.807) is 42.5 Å². The van der Waals surface area contributed by atoms with E-state index < -0.39 is 0 Å². The van der Waals surface area contributed by atoms with Gasteiger partial charge in [0.15, 0.2) is 0 Å². The van der Waals surface area contributed by atoms with Gasteiger partial charge < -0.3 is 20.7 Å². The smallest absolute Gasteiger partial charge is 0.243 e. The SMILES string of the molecule is C=CCOc1ccc(NC(=O)CNc2ccc(NC(=O)CCC)cc2)cc1. The molecule has 0 unspecified atom stereocenters. The fourth-order valence-electron chi connectivity index (χ4n) is 2.30. The van der Waals surface area contributed by atoms with Gasteiger partial charge in [-0.3, -0.25) is 9.59 Å². The summed E-state index contributed by atoms with van der Waals surface area (Å²) in [7, 11) is 0. The Morgan fingerprint density at radius 3 is 2.07 bits per heavy atom. The first-order chi connectivity index (χ1) is 13.1. The second-order valence-corrected chi connectivity index (χ2v) is 5.90. The van der Waals surface area contributed by atoms with E-state index in [9.17, 15) is 9.59 Å². The number of hydrogen-bond acceptors (Lipinski definition) is 4. The normalized spacial score (nSPS) is 9.96. The van der Waals surface area contributed by atoms with Gasteiger partial charge in [-0.25, -0.2) is 0 Å². The van der Waals surface area contributed by atoms with Gasteiger partial charge >= 0.3 is 0 Å². The predicted molar refractivity (Wildman–Crippen MR) is 109 cm³/mol. The average molecular weight is 367 g/mol. The molecule has 0 fully saturated rings. The Labute approximate surface area is 159 Å². The van der Waals surface area contributed by atoms with Crippen molar-refractivity contribution in [1.82, 2.24) is 0 Å². The van der Waals surface area contributed by atoms with E-state index in [-0.39, 0.29) is 18.4 Å². The number of rotatable bonds is 10. The molecule has 0 aromatic heterocycles. The summed E-state index contributed by atoms with van der Waals surface area (Å²) in [6.45, 7) is 6.13. The fraction of sp³-hybridized carbons (Fsp3) is 0.238. The Kier molecular flexibility index (Phi) is 7.91. The lowest BCUT2D eigenvalue weighted by Gasteiger charge is -2.10. The second kappa shape index (κ2) is 10.7.